The molecule has 0 aliphatic heterocycles. The molecule has 1 aromatic carbocycles. The van der Waals surface area contributed by atoms with Gasteiger partial charge < -0.3 is 19.9 Å². The maximum absolute atomic E-state index is 5.74. The summed E-state index contributed by atoms with van der Waals surface area (Å²) in [6, 6.07) is 8.79. The summed E-state index contributed by atoms with van der Waals surface area (Å²) in [6.07, 6.45) is 4.81. The molecule has 0 saturated heterocycles. The molecule has 0 heterocycles. The fraction of sp³-hybridized carbons (Fsp3) is 0.667. The Bertz CT molecular complexity index is 544. The molecule has 0 atom stereocenters. The number of aryl methyl sites for hydroxylation is 1. The molecule has 0 bridgehead atoms. The summed E-state index contributed by atoms with van der Waals surface area (Å²) in [5, 5.41) is 3.38. The van der Waals surface area contributed by atoms with E-state index in [1.165, 1.54) is 24.1 Å². The van der Waals surface area contributed by atoms with E-state index in [2.05, 4.69) is 67.4 Å². The fourth-order valence-electron chi connectivity index (χ4n) is 2.74. The molecule has 1 N–H and O–H groups in total. The first kappa shape index (κ1) is 24.0. The van der Waals surface area contributed by atoms with Crippen LogP contribution in [0.25, 0.3) is 0 Å². The smallest absolute Gasteiger partial charge is 0.193 e. The number of rotatable bonds is 11. The van der Waals surface area contributed by atoms with Crippen molar-refractivity contribution in [2.45, 2.75) is 32.6 Å². The topological polar surface area (TPSA) is 40.1 Å². The second kappa shape index (κ2) is 13.2. The molecule has 0 unspecified atom stereocenters. The van der Waals surface area contributed by atoms with E-state index in [0.717, 1.165) is 57.6 Å². The largest absolute Gasteiger partial charge is 0.379 e. The van der Waals surface area contributed by atoms with Crippen LogP contribution in [-0.4, -0.2) is 64.9 Å². The molecule has 0 radical (unpaired) electrons. The number of benzene rings is 1. The van der Waals surface area contributed by atoms with Gasteiger partial charge in [0, 0.05) is 53.1 Å². The second-order valence-electron chi connectivity index (χ2n) is 7.34. The van der Waals surface area contributed by atoms with Gasteiger partial charge in [0.2, 0.25) is 0 Å². The van der Waals surface area contributed by atoms with E-state index < -0.39 is 0 Å². The molecule has 2 rings (SSSR count). The zero-order valence-corrected chi connectivity index (χ0v) is 19.7. The van der Waals surface area contributed by atoms with Gasteiger partial charge in [-0.3, -0.25) is 4.99 Å². The number of aliphatic imine (C=N–C) groups is 1. The Morgan fingerprint density at radius 2 is 1.89 bits per heavy atom. The quantitative estimate of drug-likeness (QED) is 0.224. The van der Waals surface area contributed by atoms with Gasteiger partial charge in [0.05, 0.1) is 6.61 Å². The van der Waals surface area contributed by atoms with Gasteiger partial charge >= 0.3 is 0 Å². The number of anilines is 1. The van der Waals surface area contributed by atoms with Crippen molar-refractivity contribution >= 4 is 35.6 Å². The van der Waals surface area contributed by atoms with Crippen LogP contribution in [0.1, 0.15) is 31.7 Å². The number of nitrogens with zero attached hydrogens (tertiary/aromatic N) is 3. The standard InChI is InChI=1S/C21H36N4O.HI/c1-5-22-21(25(4)15-16-26-17-19-8-9-19)23-14-6-7-18-10-12-20(13-11-18)24(2)3;/h10-13,19H,5-9,14-17H2,1-4H3,(H,22,23);1H. The summed E-state index contributed by atoms with van der Waals surface area (Å²) in [6.45, 7) is 6.41. The molecule has 1 fully saturated rings. The van der Waals surface area contributed by atoms with E-state index in [-0.39, 0.29) is 24.0 Å². The van der Waals surface area contributed by atoms with Crippen molar-refractivity contribution in [2.75, 3.05) is 58.9 Å². The molecule has 27 heavy (non-hydrogen) atoms. The van der Waals surface area contributed by atoms with E-state index in [0.29, 0.717) is 0 Å². The molecule has 1 saturated carbocycles. The Morgan fingerprint density at radius 1 is 1.19 bits per heavy atom. The zero-order chi connectivity index (χ0) is 18.8. The second-order valence-corrected chi connectivity index (χ2v) is 7.34. The first-order chi connectivity index (χ1) is 12.6. The summed E-state index contributed by atoms with van der Waals surface area (Å²) in [4.78, 5) is 9.06. The van der Waals surface area contributed by atoms with Gasteiger partial charge in [-0.1, -0.05) is 12.1 Å². The van der Waals surface area contributed by atoms with Crippen LogP contribution >= 0.6 is 24.0 Å². The van der Waals surface area contributed by atoms with Crippen molar-refractivity contribution in [2.24, 2.45) is 10.9 Å². The van der Waals surface area contributed by atoms with Crippen molar-refractivity contribution in [3.63, 3.8) is 0 Å². The summed E-state index contributed by atoms with van der Waals surface area (Å²) in [7, 11) is 6.22. The fourth-order valence-corrected chi connectivity index (χ4v) is 2.74. The van der Waals surface area contributed by atoms with Gasteiger partial charge in [0.1, 0.15) is 0 Å². The van der Waals surface area contributed by atoms with Crippen LogP contribution in [0.2, 0.25) is 0 Å². The van der Waals surface area contributed by atoms with E-state index >= 15 is 0 Å². The molecule has 0 amide bonds. The Balaban J connectivity index is 0.00000364. The summed E-state index contributed by atoms with van der Waals surface area (Å²) in [5.41, 5.74) is 2.62. The van der Waals surface area contributed by atoms with Crippen LogP contribution in [0, 0.1) is 5.92 Å². The van der Waals surface area contributed by atoms with E-state index in [9.17, 15) is 0 Å². The number of hydrogen-bond donors (Lipinski definition) is 1. The highest BCUT2D eigenvalue weighted by Gasteiger charge is 2.21. The van der Waals surface area contributed by atoms with Crippen molar-refractivity contribution in [3.05, 3.63) is 29.8 Å². The molecule has 5 nitrogen and oxygen atoms in total. The van der Waals surface area contributed by atoms with Crippen LogP contribution in [-0.2, 0) is 11.2 Å². The van der Waals surface area contributed by atoms with Crippen LogP contribution in [0.4, 0.5) is 5.69 Å². The Morgan fingerprint density at radius 3 is 2.48 bits per heavy atom. The van der Waals surface area contributed by atoms with Crippen LogP contribution in [0.5, 0.6) is 0 Å². The molecule has 1 aliphatic rings. The number of hydrogen-bond acceptors (Lipinski definition) is 3. The van der Waals surface area contributed by atoms with Crippen molar-refractivity contribution in [1.82, 2.24) is 10.2 Å². The van der Waals surface area contributed by atoms with Crippen molar-refractivity contribution in [1.29, 1.82) is 0 Å². The Labute approximate surface area is 182 Å². The Hall–Kier alpha value is -1.02. The average molecular weight is 488 g/mol. The van der Waals surface area contributed by atoms with E-state index in [4.69, 9.17) is 9.73 Å². The highest BCUT2D eigenvalue weighted by atomic mass is 127. The van der Waals surface area contributed by atoms with Crippen molar-refractivity contribution < 1.29 is 4.74 Å². The Kier molecular flexibility index (Phi) is 11.7. The third kappa shape index (κ3) is 9.65. The molecular weight excluding hydrogens is 451 g/mol. The van der Waals surface area contributed by atoms with Crippen LogP contribution in [0.3, 0.4) is 0 Å². The van der Waals surface area contributed by atoms with Crippen LogP contribution < -0.4 is 10.2 Å². The predicted molar refractivity (Wildman–Crippen MR) is 127 cm³/mol. The average Bonchev–Trinajstić information content (AvgIpc) is 3.46. The molecule has 0 spiro atoms. The van der Waals surface area contributed by atoms with Crippen molar-refractivity contribution in [3.8, 4) is 0 Å². The first-order valence-corrected chi connectivity index (χ1v) is 9.93. The van der Waals surface area contributed by atoms with Gasteiger partial charge in [-0.25, -0.2) is 0 Å². The van der Waals surface area contributed by atoms with E-state index in [1.807, 2.05) is 0 Å². The first-order valence-electron chi connectivity index (χ1n) is 9.93. The number of guanidine groups is 1. The molecule has 154 valence electrons. The minimum Gasteiger partial charge on any atom is -0.379 e. The lowest BCUT2D eigenvalue weighted by atomic mass is 10.1. The highest BCUT2D eigenvalue weighted by molar-refractivity contribution is 14.0. The maximum atomic E-state index is 5.74. The third-order valence-corrected chi connectivity index (χ3v) is 4.66. The summed E-state index contributed by atoms with van der Waals surface area (Å²) < 4.78 is 5.74. The SMILES string of the molecule is CCNC(=NCCCc1ccc(N(C)C)cc1)N(C)CCOCC1CC1.I. The molecule has 0 aromatic heterocycles. The van der Waals surface area contributed by atoms with E-state index in [1.54, 1.807) is 0 Å². The maximum Gasteiger partial charge on any atom is 0.193 e. The molecule has 1 aliphatic carbocycles. The van der Waals surface area contributed by atoms with Gasteiger partial charge in [-0.15, -0.1) is 24.0 Å². The lowest BCUT2D eigenvalue weighted by molar-refractivity contribution is 0.115. The molecule has 6 heteroatoms. The summed E-state index contributed by atoms with van der Waals surface area (Å²) in [5.74, 6) is 1.81. The number of halogens is 1. The highest BCUT2D eigenvalue weighted by Crippen LogP contribution is 2.28. The van der Waals surface area contributed by atoms with Gasteiger partial charge in [0.15, 0.2) is 5.96 Å². The lowest BCUT2D eigenvalue weighted by Gasteiger charge is -2.22. The predicted octanol–water partition coefficient (Wildman–Crippen LogP) is 3.63. The lowest BCUT2D eigenvalue weighted by Crippen LogP contribution is -2.40. The summed E-state index contributed by atoms with van der Waals surface area (Å²) >= 11 is 0. The number of ether oxygens (including phenoxy) is 1. The molecular formula is C21H37IN4O. The number of nitrogens with one attached hydrogen (secondary N) is 1. The van der Waals surface area contributed by atoms with Gasteiger partial charge in [0.25, 0.3) is 0 Å². The van der Waals surface area contributed by atoms with Gasteiger partial charge in [-0.05, 0) is 56.2 Å². The van der Waals surface area contributed by atoms with Gasteiger partial charge in [-0.2, -0.15) is 0 Å². The zero-order valence-electron chi connectivity index (χ0n) is 17.4. The van der Waals surface area contributed by atoms with Crippen LogP contribution in [0.15, 0.2) is 29.3 Å². The monoisotopic (exact) mass is 488 g/mol. The molecule has 1 aromatic rings. The minimum atomic E-state index is 0. The third-order valence-electron chi connectivity index (χ3n) is 4.66. The number of likely N-dealkylation sites (N-methyl/N-ethyl adjacent to an activating group) is 1. The normalized spacial score (nSPS) is 13.9. The minimum absolute atomic E-state index is 0.